The van der Waals surface area contributed by atoms with Gasteiger partial charge < -0.3 is 14.4 Å². The zero-order valence-corrected chi connectivity index (χ0v) is 11.2. The Balaban J connectivity index is 2.28. The number of esters is 1. The number of halogens is 1. The summed E-state index contributed by atoms with van der Waals surface area (Å²) >= 11 is 5.99. The number of Topliss-reactive ketones (excluding diaryl/α,β-unsaturated/α-hetero) is 1. The largest absolute Gasteiger partial charge is 0.491 e. The fourth-order valence-electron chi connectivity index (χ4n) is 1.71. The molecule has 0 fully saturated rings. The fraction of sp³-hybridized carbons (Fsp3) is 0.333. The van der Waals surface area contributed by atoms with E-state index >= 15 is 0 Å². The van der Waals surface area contributed by atoms with Gasteiger partial charge in [0.1, 0.15) is 0 Å². The lowest BCUT2D eigenvalue weighted by molar-refractivity contribution is -0.124. The summed E-state index contributed by atoms with van der Waals surface area (Å²) in [5.41, 5.74) is 1.33. The average molecular weight is 282 g/mol. The first-order chi connectivity index (χ1) is 8.90. The van der Waals surface area contributed by atoms with Crippen LogP contribution in [0.15, 0.2) is 12.1 Å². The topological polar surface area (TPSA) is 72.8 Å². The molecule has 0 spiro atoms. The molecule has 7 heteroatoms. The highest BCUT2D eigenvalue weighted by atomic mass is 35.5. The van der Waals surface area contributed by atoms with Crippen LogP contribution in [-0.4, -0.2) is 30.0 Å². The number of benzene rings is 1. The zero-order chi connectivity index (χ0) is 14.2. The number of hydrogen-bond donors (Lipinski definition) is 1. The minimum atomic E-state index is -1.07. The van der Waals surface area contributed by atoms with Crippen LogP contribution in [0.2, 0.25) is 5.02 Å². The van der Waals surface area contributed by atoms with Crippen LogP contribution in [0.5, 0.6) is 0 Å². The summed E-state index contributed by atoms with van der Waals surface area (Å²) in [6.07, 6.45) is -0.835. The number of ether oxygens (including phenoxy) is 1. The summed E-state index contributed by atoms with van der Waals surface area (Å²) in [5.74, 6) is -0.955. The van der Waals surface area contributed by atoms with Crippen molar-refractivity contribution in [3.63, 3.8) is 0 Å². The highest BCUT2D eigenvalue weighted by Crippen LogP contribution is 2.22. The molecule has 0 saturated heterocycles. The zero-order valence-electron chi connectivity index (χ0n) is 10.5. The Hall–Kier alpha value is -1.37. The van der Waals surface area contributed by atoms with Crippen molar-refractivity contribution in [2.45, 2.75) is 26.6 Å². The monoisotopic (exact) mass is 282 g/mol. The minimum absolute atomic E-state index is 0.109. The van der Waals surface area contributed by atoms with Crippen molar-refractivity contribution in [2.75, 3.05) is 0 Å². The van der Waals surface area contributed by atoms with Crippen LogP contribution in [0.1, 0.15) is 29.8 Å². The van der Waals surface area contributed by atoms with Gasteiger partial charge in [-0.15, -0.1) is 0 Å². The predicted molar refractivity (Wildman–Crippen MR) is 69.4 cm³/mol. The number of rotatable bonds is 3. The van der Waals surface area contributed by atoms with E-state index in [0.717, 1.165) is 5.56 Å². The average Bonchev–Trinajstić information content (AvgIpc) is 2.69. The molecule has 1 aromatic rings. The van der Waals surface area contributed by atoms with Gasteiger partial charge >= 0.3 is 13.1 Å². The van der Waals surface area contributed by atoms with E-state index in [1.165, 1.54) is 19.9 Å². The molecule has 1 aliphatic heterocycles. The van der Waals surface area contributed by atoms with Crippen LogP contribution in [0.25, 0.3) is 0 Å². The number of fused-ring (bicyclic) bond motifs is 1. The molecule has 2 rings (SSSR count). The molecule has 1 aromatic carbocycles. The maximum absolute atomic E-state index is 11.9. The van der Waals surface area contributed by atoms with Crippen molar-refractivity contribution < 1.29 is 24.0 Å². The number of carbonyl (C=O) groups is 2. The van der Waals surface area contributed by atoms with E-state index in [2.05, 4.69) is 0 Å². The molecule has 1 N–H and O–H groups in total. The molecule has 0 radical (unpaired) electrons. The maximum atomic E-state index is 11.9. The Morgan fingerprint density at radius 2 is 2.21 bits per heavy atom. The van der Waals surface area contributed by atoms with Gasteiger partial charge in [0.2, 0.25) is 0 Å². The lowest BCUT2D eigenvalue weighted by Gasteiger charge is -2.11. The van der Waals surface area contributed by atoms with Crippen LogP contribution in [0.4, 0.5) is 0 Å². The van der Waals surface area contributed by atoms with E-state index in [0.29, 0.717) is 5.46 Å². The predicted octanol–water partition coefficient (Wildman–Crippen LogP) is 0.692. The van der Waals surface area contributed by atoms with Gasteiger partial charge in [0.25, 0.3) is 0 Å². The molecule has 5 nitrogen and oxygen atoms in total. The fourth-order valence-corrected chi connectivity index (χ4v) is 1.97. The van der Waals surface area contributed by atoms with Crippen LogP contribution in [0, 0.1) is 0 Å². The van der Waals surface area contributed by atoms with Gasteiger partial charge in [-0.2, -0.15) is 0 Å². The quantitative estimate of drug-likeness (QED) is 0.652. The van der Waals surface area contributed by atoms with Crippen molar-refractivity contribution in [1.29, 1.82) is 0 Å². The van der Waals surface area contributed by atoms with Gasteiger partial charge in [-0.05, 0) is 37.0 Å². The van der Waals surface area contributed by atoms with Crippen LogP contribution in [-0.2, 0) is 20.8 Å². The molecular weight excluding hydrogens is 270 g/mol. The normalized spacial score (nSPS) is 15.1. The van der Waals surface area contributed by atoms with E-state index in [9.17, 15) is 14.6 Å². The molecule has 0 saturated carbocycles. The smallest absolute Gasteiger partial charge is 0.451 e. The summed E-state index contributed by atoms with van der Waals surface area (Å²) in [7, 11) is -1.07. The highest BCUT2D eigenvalue weighted by molar-refractivity contribution is 6.61. The van der Waals surface area contributed by atoms with E-state index < -0.39 is 19.2 Å². The summed E-state index contributed by atoms with van der Waals surface area (Å²) in [6.45, 7) is 3.06. The second-order valence-corrected chi connectivity index (χ2v) is 4.76. The van der Waals surface area contributed by atoms with Gasteiger partial charge in [0.15, 0.2) is 11.9 Å². The Morgan fingerprint density at radius 1 is 1.53 bits per heavy atom. The highest BCUT2D eigenvalue weighted by Gasteiger charge is 2.30. The lowest BCUT2D eigenvalue weighted by Crippen LogP contribution is -2.29. The lowest BCUT2D eigenvalue weighted by atomic mass is 9.79. The molecule has 1 atom stereocenters. The summed E-state index contributed by atoms with van der Waals surface area (Å²) in [4.78, 5) is 23.0. The molecular formula is C12H12BClO5. The molecule has 0 bridgehead atoms. The number of carbonyl (C=O) groups excluding carboxylic acids is 2. The Bertz CT molecular complexity index is 545. The van der Waals surface area contributed by atoms with Crippen molar-refractivity contribution >= 4 is 35.9 Å². The first-order valence-corrected chi connectivity index (χ1v) is 6.11. The molecule has 100 valence electrons. The summed E-state index contributed by atoms with van der Waals surface area (Å²) in [6, 6.07) is 2.99. The van der Waals surface area contributed by atoms with Crippen molar-refractivity contribution in [1.82, 2.24) is 0 Å². The molecule has 0 aromatic heterocycles. The Kier molecular flexibility index (Phi) is 3.94. The minimum Gasteiger partial charge on any atom is -0.451 e. The Labute approximate surface area is 115 Å². The second kappa shape index (κ2) is 5.32. The van der Waals surface area contributed by atoms with E-state index in [4.69, 9.17) is 21.0 Å². The van der Waals surface area contributed by atoms with Gasteiger partial charge in [0, 0.05) is 0 Å². The van der Waals surface area contributed by atoms with Crippen LogP contribution in [0.3, 0.4) is 0 Å². The first-order valence-electron chi connectivity index (χ1n) is 5.73. The molecule has 1 unspecified atom stereocenters. The van der Waals surface area contributed by atoms with Gasteiger partial charge in [-0.25, -0.2) is 4.79 Å². The van der Waals surface area contributed by atoms with Crippen molar-refractivity contribution in [2.24, 2.45) is 0 Å². The van der Waals surface area contributed by atoms with E-state index in [1.807, 2.05) is 0 Å². The standard InChI is InChI=1S/C12H12BClO5/c1-6(15)7(2)19-12(16)9-4-10-8(3-11(9)14)5-18-13(10)17/h3-4,7,17H,5H2,1-2H3. The van der Waals surface area contributed by atoms with Gasteiger partial charge in [-0.1, -0.05) is 11.6 Å². The van der Waals surface area contributed by atoms with Crippen molar-refractivity contribution in [3.05, 3.63) is 28.3 Å². The van der Waals surface area contributed by atoms with Crippen molar-refractivity contribution in [3.8, 4) is 0 Å². The molecule has 1 heterocycles. The second-order valence-electron chi connectivity index (χ2n) is 4.35. The third-order valence-corrected chi connectivity index (χ3v) is 3.28. The molecule has 0 aliphatic carbocycles. The third kappa shape index (κ3) is 2.81. The molecule has 19 heavy (non-hydrogen) atoms. The maximum Gasteiger partial charge on any atom is 0.491 e. The van der Waals surface area contributed by atoms with Crippen LogP contribution >= 0.6 is 11.6 Å². The number of hydrogen-bond acceptors (Lipinski definition) is 5. The first kappa shape index (κ1) is 14.1. The molecule has 0 amide bonds. The van der Waals surface area contributed by atoms with E-state index in [-0.39, 0.29) is 23.0 Å². The van der Waals surface area contributed by atoms with Crippen LogP contribution < -0.4 is 5.46 Å². The number of ketones is 1. The Morgan fingerprint density at radius 3 is 2.84 bits per heavy atom. The van der Waals surface area contributed by atoms with Gasteiger partial charge in [0.05, 0.1) is 17.2 Å². The summed E-state index contributed by atoms with van der Waals surface area (Å²) < 4.78 is 10.0. The summed E-state index contributed by atoms with van der Waals surface area (Å²) in [5, 5.41) is 9.78. The SMILES string of the molecule is CC(=O)C(C)OC(=O)c1cc2c(cc1Cl)COB2O. The van der Waals surface area contributed by atoms with Gasteiger partial charge in [-0.3, -0.25) is 4.79 Å². The third-order valence-electron chi connectivity index (χ3n) is 2.97. The van der Waals surface area contributed by atoms with E-state index in [1.54, 1.807) is 6.07 Å². The molecule has 1 aliphatic rings.